The van der Waals surface area contributed by atoms with Crippen molar-refractivity contribution in [3.8, 4) is 0 Å². The number of carbonyl (C=O) groups excluding carboxylic acids is 2. The van der Waals surface area contributed by atoms with E-state index in [1.54, 1.807) is 24.3 Å². The Balaban J connectivity index is 2.68. The maximum atomic E-state index is 11.5. The number of benzene rings is 1. The van der Waals surface area contributed by atoms with Crippen molar-refractivity contribution in [2.24, 2.45) is 5.92 Å². The van der Waals surface area contributed by atoms with E-state index in [2.05, 4.69) is 5.32 Å². The molecule has 1 atom stereocenters. The van der Waals surface area contributed by atoms with Gasteiger partial charge in [-0.05, 0) is 24.6 Å². The van der Waals surface area contributed by atoms with Gasteiger partial charge in [0, 0.05) is 18.0 Å². The van der Waals surface area contributed by atoms with E-state index in [-0.39, 0.29) is 24.0 Å². The predicted octanol–water partition coefficient (Wildman–Crippen LogP) is 2.29. The Morgan fingerprint density at radius 3 is 2.22 bits per heavy atom. The van der Waals surface area contributed by atoms with Gasteiger partial charge in [-0.2, -0.15) is 0 Å². The lowest BCUT2D eigenvalue weighted by atomic mass is 10.0. The molecule has 4 nitrogen and oxygen atoms in total. The highest BCUT2D eigenvalue weighted by Crippen LogP contribution is 2.19. The van der Waals surface area contributed by atoms with Crippen molar-refractivity contribution in [1.82, 2.24) is 0 Å². The van der Waals surface area contributed by atoms with E-state index in [1.807, 2.05) is 13.8 Å². The van der Waals surface area contributed by atoms with Gasteiger partial charge in [-0.1, -0.05) is 26.0 Å². The first-order valence-electron chi connectivity index (χ1n) is 5.98. The second kappa shape index (κ2) is 6.31. The molecule has 0 saturated carbocycles. The van der Waals surface area contributed by atoms with Crippen LogP contribution in [0.25, 0.3) is 0 Å². The summed E-state index contributed by atoms with van der Waals surface area (Å²) < 4.78 is 0. The molecule has 4 heteroatoms. The molecule has 0 aliphatic carbocycles. The third-order valence-electron chi connectivity index (χ3n) is 2.57. The van der Waals surface area contributed by atoms with Gasteiger partial charge in [-0.25, -0.2) is 0 Å². The molecule has 1 aromatic rings. The molecule has 1 aromatic carbocycles. The van der Waals surface area contributed by atoms with Gasteiger partial charge in [0.05, 0.1) is 6.10 Å². The number of hydrogen-bond acceptors (Lipinski definition) is 3. The Hall–Kier alpha value is -1.68. The van der Waals surface area contributed by atoms with Crippen LogP contribution in [0.4, 0.5) is 5.69 Å². The molecular weight excluding hydrogens is 230 g/mol. The fourth-order valence-electron chi connectivity index (χ4n) is 1.47. The van der Waals surface area contributed by atoms with Crippen molar-refractivity contribution in [2.45, 2.75) is 33.3 Å². The predicted molar refractivity (Wildman–Crippen MR) is 70.2 cm³/mol. The number of amides is 1. The van der Waals surface area contributed by atoms with Gasteiger partial charge in [0.15, 0.2) is 0 Å². The highest BCUT2D eigenvalue weighted by atomic mass is 16.3. The number of aliphatic hydroxyl groups excluding tert-OH is 1. The zero-order valence-electron chi connectivity index (χ0n) is 10.9. The van der Waals surface area contributed by atoms with Crippen molar-refractivity contribution in [3.05, 3.63) is 29.8 Å². The van der Waals surface area contributed by atoms with E-state index in [9.17, 15) is 14.7 Å². The normalized spacial score (nSPS) is 12.3. The molecule has 0 radical (unpaired) electrons. The molecule has 0 aliphatic rings. The lowest BCUT2D eigenvalue weighted by Crippen LogP contribution is -2.17. The molecule has 0 fully saturated rings. The fourth-order valence-corrected chi connectivity index (χ4v) is 1.47. The molecule has 0 aliphatic heterocycles. The Morgan fingerprint density at radius 2 is 1.78 bits per heavy atom. The molecule has 0 unspecified atom stereocenters. The van der Waals surface area contributed by atoms with Crippen LogP contribution in [0.3, 0.4) is 0 Å². The number of rotatable bonds is 5. The van der Waals surface area contributed by atoms with E-state index >= 15 is 0 Å². The van der Waals surface area contributed by atoms with Gasteiger partial charge in [-0.15, -0.1) is 0 Å². The summed E-state index contributed by atoms with van der Waals surface area (Å²) in [6.07, 6.45) is -0.671. The Labute approximate surface area is 107 Å². The lowest BCUT2D eigenvalue weighted by Gasteiger charge is -2.11. The van der Waals surface area contributed by atoms with Gasteiger partial charge in [0.1, 0.15) is 5.78 Å². The Morgan fingerprint density at radius 1 is 1.22 bits per heavy atom. The van der Waals surface area contributed by atoms with Crippen molar-refractivity contribution >= 4 is 17.4 Å². The van der Waals surface area contributed by atoms with Crippen LogP contribution in [0.2, 0.25) is 0 Å². The molecule has 0 aromatic heterocycles. The molecule has 0 spiro atoms. The number of nitrogens with one attached hydrogen (secondary N) is 1. The zero-order chi connectivity index (χ0) is 13.7. The molecule has 2 N–H and O–H groups in total. The molecule has 18 heavy (non-hydrogen) atoms. The maximum Gasteiger partial charge on any atom is 0.226 e. The lowest BCUT2D eigenvalue weighted by molar-refractivity contribution is -0.119. The first-order chi connectivity index (χ1) is 8.40. The molecule has 1 amide bonds. The van der Waals surface area contributed by atoms with Crippen LogP contribution in [0.1, 0.15) is 38.9 Å². The van der Waals surface area contributed by atoms with E-state index in [0.29, 0.717) is 11.3 Å². The number of hydrogen-bond donors (Lipinski definition) is 2. The van der Waals surface area contributed by atoms with Crippen molar-refractivity contribution in [1.29, 1.82) is 0 Å². The van der Waals surface area contributed by atoms with E-state index in [0.717, 1.165) is 0 Å². The summed E-state index contributed by atoms with van der Waals surface area (Å²) in [7, 11) is 0. The van der Waals surface area contributed by atoms with Gasteiger partial charge >= 0.3 is 0 Å². The Kier molecular flexibility index (Phi) is 5.04. The average Bonchev–Trinajstić information content (AvgIpc) is 2.28. The third-order valence-corrected chi connectivity index (χ3v) is 2.57. The summed E-state index contributed by atoms with van der Waals surface area (Å²) in [5.41, 5.74) is 1.36. The minimum absolute atomic E-state index is 0.0490. The summed E-state index contributed by atoms with van der Waals surface area (Å²) >= 11 is 0. The van der Waals surface area contributed by atoms with E-state index in [4.69, 9.17) is 0 Å². The van der Waals surface area contributed by atoms with Crippen molar-refractivity contribution in [3.63, 3.8) is 0 Å². The third kappa shape index (κ3) is 4.30. The maximum absolute atomic E-state index is 11.5. The number of Topliss-reactive ketones (excluding diaryl/α,β-unsaturated/α-hetero) is 1. The number of anilines is 1. The molecule has 0 saturated heterocycles. The highest BCUT2D eigenvalue weighted by molar-refractivity contribution is 5.92. The van der Waals surface area contributed by atoms with E-state index < -0.39 is 6.10 Å². The number of aliphatic hydroxyl groups is 1. The molecule has 1 rings (SSSR count). The highest BCUT2D eigenvalue weighted by Gasteiger charge is 2.11. The monoisotopic (exact) mass is 249 g/mol. The van der Waals surface area contributed by atoms with Crippen LogP contribution in [-0.4, -0.2) is 16.8 Å². The summed E-state index contributed by atoms with van der Waals surface area (Å²) in [4.78, 5) is 22.4. The summed E-state index contributed by atoms with van der Waals surface area (Å²) in [6.45, 7) is 5.08. The van der Waals surface area contributed by atoms with Crippen LogP contribution >= 0.6 is 0 Å². The van der Waals surface area contributed by atoms with Crippen molar-refractivity contribution in [2.75, 3.05) is 5.32 Å². The second-order valence-electron chi connectivity index (χ2n) is 4.69. The summed E-state index contributed by atoms with van der Waals surface area (Å²) in [6, 6.07) is 6.87. The number of ketones is 1. The van der Waals surface area contributed by atoms with Gasteiger partial charge in [0.2, 0.25) is 5.91 Å². The van der Waals surface area contributed by atoms with Crippen LogP contribution in [0, 0.1) is 5.92 Å². The van der Waals surface area contributed by atoms with Crippen LogP contribution in [0.5, 0.6) is 0 Å². The smallest absolute Gasteiger partial charge is 0.226 e. The SMILES string of the molecule is CC(=O)C[C@H](O)c1ccc(NC(=O)C(C)C)cc1. The fraction of sp³-hybridized carbons (Fsp3) is 0.429. The molecule has 98 valence electrons. The molecule has 0 bridgehead atoms. The number of carbonyl (C=O) groups is 2. The molecule has 0 heterocycles. The minimum atomic E-state index is -0.780. The van der Waals surface area contributed by atoms with Crippen LogP contribution in [0.15, 0.2) is 24.3 Å². The summed E-state index contributed by atoms with van der Waals surface area (Å²) in [5, 5.41) is 12.5. The van der Waals surface area contributed by atoms with Crippen LogP contribution in [-0.2, 0) is 9.59 Å². The topological polar surface area (TPSA) is 66.4 Å². The summed E-state index contributed by atoms with van der Waals surface area (Å²) in [5.74, 6) is -0.181. The standard InChI is InChI=1S/C14H19NO3/c1-9(2)14(18)15-12-6-4-11(5-7-12)13(17)8-10(3)16/h4-7,9,13,17H,8H2,1-3H3,(H,15,18)/t13-/m0/s1. The molecular formula is C14H19NO3. The van der Waals surface area contributed by atoms with Gasteiger partial charge in [0.25, 0.3) is 0 Å². The average molecular weight is 249 g/mol. The van der Waals surface area contributed by atoms with Crippen molar-refractivity contribution < 1.29 is 14.7 Å². The van der Waals surface area contributed by atoms with Gasteiger partial charge in [-0.3, -0.25) is 9.59 Å². The van der Waals surface area contributed by atoms with E-state index in [1.165, 1.54) is 6.92 Å². The largest absolute Gasteiger partial charge is 0.388 e. The zero-order valence-corrected chi connectivity index (χ0v) is 10.9. The van der Waals surface area contributed by atoms with Gasteiger partial charge < -0.3 is 10.4 Å². The first-order valence-corrected chi connectivity index (χ1v) is 5.98. The van der Waals surface area contributed by atoms with Crippen LogP contribution < -0.4 is 5.32 Å². The minimum Gasteiger partial charge on any atom is -0.388 e. The quantitative estimate of drug-likeness (QED) is 0.841. The first kappa shape index (κ1) is 14.4. The second-order valence-corrected chi connectivity index (χ2v) is 4.69. The Bertz CT molecular complexity index is 423.